The number of aromatic nitrogens is 3. The summed E-state index contributed by atoms with van der Waals surface area (Å²) in [5.74, 6) is 0.471. The molecule has 0 saturated heterocycles. The van der Waals surface area contributed by atoms with Gasteiger partial charge in [-0.2, -0.15) is 0 Å². The average Bonchev–Trinajstić information content (AvgIpc) is 2.21. The quantitative estimate of drug-likeness (QED) is 0.559. The second-order valence-electron chi connectivity index (χ2n) is 1.84. The lowest BCUT2D eigenvalue weighted by molar-refractivity contribution is 0.831. The Labute approximate surface area is 60.2 Å². The van der Waals surface area contributed by atoms with E-state index < -0.39 is 0 Å². The highest BCUT2D eigenvalue weighted by Gasteiger charge is 2.01. The number of rotatable bonds is 0. The van der Waals surface area contributed by atoms with Gasteiger partial charge >= 0.3 is 0 Å². The highest BCUT2D eigenvalue weighted by Crippen LogP contribution is 2.17. The van der Waals surface area contributed by atoms with E-state index >= 15 is 0 Å². The van der Waals surface area contributed by atoms with Gasteiger partial charge in [0, 0.05) is 6.07 Å². The van der Waals surface area contributed by atoms with Gasteiger partial charge in [0.15, 0.2) is 0 Å². The van der Waals surface area contributed by atoms with Gasteiger partial charge in [-0.3, -0.25) is 0 Å². The summed E-state index contributed by atoms with van der Waals surface area (Å²) in [7, 11) is 0. The highest BCUT2D eigenvalue weighted by molar-refractivity contribution is 7.20. The van der Waals surface area contributed by atoms with Gasteiger partial charge in [0.2, 0.25) is 5.13 Å². The van der Waals surface area contributed by atoms with Crippen LogP contribution in [0.5, 0.6) is 0 Å². The molecule has 52 valence electrons. The first-order valence-electron chi connectivity index (χ1n) is 2.63. The molecule has 2 aromatic rings. The minimum Gasteiger partial charge on any atom is -0.382 e. The Balaban J connectivity index is 2.83. The summed E-state index contributed by atoms with van der Waals surface area (Å²) < 4.78 is 1.43. The van der Waals surface area contributed by atoms with Crippen LogP contribution in [0.25, 0.3) is 4.83 Å². The third kappa shape index (κ3) is 0.623. The molecule has 6 heteroatoms. The van der Waals surface area contributed by atoms with Gasteiger partial charge in [0.05, 0.1) is 0 Å². The van der Waals surface area contributed by atoms with Crippen molar-refractivity contribution in [2.75, 3.05) is 11.5 Å². The predicted molar refractivity (Wildman–Crippen MR) is 39.7 cm³/mol. The molecule has 2 heterocycles. The standard InChI is InChI=1S/C4H5N5S/c5-2-1-3-9(7-2)8-4(6)10-3/h1H,(H2,5,7)(H2,6,8). The van der Waals surface area contributed by atoms with Gasteiger partial charge in [-0.25, -0.2) is 0 Å². The fourth-order valence-electron chi connectivity index (χ4n) is 0.735. The minimum atomic E-state index is 0.471. The lowest BCUT2D eigenvalue weighted by Gasteiger charge is -1.76. The summed E-state index contributed by atoms with van der Waals surface area (Å²) in [6.07, 6.45) is 0. The summed E-state index contributed by atoms with van der Waals surface area (Å²) in [4.78, 5) is 0.870. The van der Waals surface area contributed by atoms with Crippen LogP contribution < -0.4 is 11.5 Å². The maximum absolute atomic E-state index is 5.39. The summed E-state index contributed by atoms with van der Waals surface area (Å²) >= 11 is 1.36. The van der Waals surface area contributed by atoms with Crippen LogP contribution in [0.15, 0.2) is 6.07 Å². The van der Waals surface area contributed by atoms with Gasteiger partial charge in [-0.1, -0.05) is 11.3 Å². The normalized spacial score (nSPS) is 10.8. The fourth-order valence-corrected chi connectivity index (χ4v) is 1.41. The Morgan fingerprint density at radius 3 is 2.90 bits per heavy atom. The topological polar surface area (TPSA) is 82.2 Å². The Morgan fingerprint density at radius 1 is 1.40 bits per heavy atom. The first-order valence-corrected chi connectivity index (χ1v) is 3.45. The van der Waals surface area contributed by atoms with E-state index in [0.29, 0.717) is 10.9 Å². The van der Waals surface area contributed by atoms with Crippen molar-refractivity contribution in [3.05, 3.63) is 6.07 Å². The van der Waals surface area contributed by atoms with E-state index in [2.05, 4.69) is 10.2 Å². The number of nitrogens with two attached hydrogens (primary N) is 2. The van der Waals surface area contributed by atoms with Crippen molar-refractivity contribution in [2.45, 2.75) is 0 Å². The number of anilines is 2. The Hall–Kier alpha value is -1.30. The second-order valence-corrected chi connectivity index (χ2v) is 2.88. The summed E-state index contributed by atoms with van der Waals surface area (Å²) in [5.41, 5.74) is 10.8. The van der Waals surface area contributed by atoms with Gasteiger partial charge in [-0.15, -0.1) is 14.8 Å². The zero-order valence-corrected chi connectivity index (χ0v) is 5.80. The minimum absolute atomic E-state index is 0.471. The van der Waals surface area contributed by atoms with Crippen LogP contribution in [0.2, 0.25) is 0 Å². The molecule has 0 spiro atoms. The third-order valence-corrected chi connectivity index (χ3v) is 1.86. The van der Waals surface area contributed by atoms with Gasteiger partial charge < -0.3 is 11.5 Å². The molecule has 0 amide bonds. The van der Waals surface area contributed by atoms with Crippen molar-refractivity contribution in [1.82, 2.24) is 14.8 Å². The first-order chi connectivity index (χ1) is 4.75. The Morgan fingerprint density at radius 2 is 2.20 bits per heavy atom. The number of hydrogen-bond acceptors (Lipinski definition) is 5. The molecule has 0 aliphatic carbocycles. The smallest absolute Gasteiger partial charge is 0.203 e. The fraction of sp³-hybridized carbons (Fsp3) is 0. The number of nitrogen functional groups attached to an aromatic ring is 2. The number of nitrogens with zero attached hydrogens (tertiary/aromatic N) is 3. The van der Waals surface area contributed by atoms with Crippen LogP contribution in [0.1, 0.15) is 0 Å². The van der Waals surface area contributed by atoms with Crippen LogP contribution in [-0.2, 0) is 0 Å². The molecule has 5 nitrogen and oxygen atoms in total. The van der Waals surface area contributed by atoms with Gasteiger partial charge in [0.25, 0.3) is 0 Å². The van der Waals surface area contributed by atoms with E-state index in [4.69, 9.17) is 11.5 Å². The van der Waals surface area contributed by atoms with E-state index in [1.165, 1.54) is 16.0 Å². The van der Waals surface area contributed by atoms with E-state index in [9.17, 15) is 0 Å². The Kier molecular flexibility index (Phi) is 0.877. The van der Waals surface area contributed by atoms with Crippen LogP contribution in [0, 0.1) is 0 Å². The molecule has 0 saturated carbocycles. The van der Waals surface area contributed by atoms with Crippen molar-refractivity contribution in [3.8, 4) is 0 Å². The van der Waals surface area contributed by atoms with Crippen molar-refractivity contribution in [1.29, 1.82) is 0 Å². The number of fused-ring (bicyclic) bond motifs is 1. The molecule has 0 bridgehead atoms. The molecule has 0 aliphatic heterocycles. The van der Waals surface area contributed by atoms with Crippen molar-refractivity contribution in [2.24, 2.45) is 0 Å². The van der Waals surface area contributed by atoms with E-state index in [1.54, 1.807) is 6.07 Å². The summed E-state index contributed by atoms with van der Waals surface area (Å²) in [6.45, 7) is 0. The molecule has 0 atom stereocenters. The van der Waals surface area contributed by atoms with Crippen molar-refractivity contribution in [3.63, 3.8) is 0 Å². The van der Waals surface area contributed by atoms with Crippen molar-refractivity contribution < 1.29 is 0 Å². The van der Waals surface area contributed by atoms with Gasteiger partial charge in [-0.05, 0) is 0 Å². The van der Waals surface area contributed by atoms with Crippen LogP contribution >= 0.6 is 11.3 Å². The second kappa shape index (κ2) is 1.60. The molecule has 10 heavy (non-hydrogen) atoms. The molecule has 4 N–H and O–H groups in total. The Bertz CT molecular complexity index is 297. The lowest BCUT2D eigenvalue weighted by atomic mass is 10.7. The molecule has 0 fully saturated rings. The molecule has 0 aliphatic rings. The SMILES string of the molecule is Nc1cc2sc(N)nn2n1. The molecular weight excluding hydrogens is 150 g/mol. The molecule has 2 rings (SSSR count). The monoisotopic (exact) mass is 155 g/mol. The maximum atomic E-state index is 5.39. The van der Waals surface area contributed by atoms with Crippen LogP contribution in [0.4, 0.5) is 10.9 Å². The van der Waals surface area contributed by atoms with Gasteiger partial charge in [0.1, 0.15) is 10.6 Å². The molecular formula is C4H5N5S. The largest absolute Gasteiger partial charge is 0.382 e. The van der Waals surface area contributed by atoms with E-state index in [0.717, 1.165) is 4.83 Å². The molecule has 0 radical (unpaired) electrons. The zero-order valence-electron chi connectivity index (χ0n) is 4.98. The van der Waals surface area contributed by atoms with Crippen LogP contribution in [0.3, 0.4) is 0 Å². The third-order valence-electron chi connectivity index (χ3n) is 1.08. The lowest BCUT2D eigenvalue weighted by Crippen LogP contribution is -1.91. The average molecular weight is 155 g/mol. The van der Waals surface area contributed by atoms with E-state index in [1.807, 2.05) is 0 Å². The molecule has 0 unspecified atom stereocenters. The summed E-state index contributed by atoms with van der Waals surface area (Å²) in [5, 5.41) is 8.21. The maximum Gasteiger partial charge on any atom is 0.203 e. The first kappa shape index (κ1) is 5.48. The van der Waals surface area contributed by atoms with Crippen LogP contribution in [-0.4, -0.2) is 14.8 Å². The number of hydrogen-bond donors (Lipinski definition) is 2. The van der Waals surface area contributed by atoms with E-state index in [-0.39, 0.29) is 0 Å². The zero-order chi connectivity index (χ0) is 7.14. The molecule has 0 aromatic carbocycles. The molecule has 2 aromatic heterocycles. The summed E-state index contributed by atoms with van der Waals surface area (Å²) in [6, 6.07) is 1.73. The highest BCUT2D eigenvalue weighted by atomic mass is 32.1. The van der Waals surface area contributed by atoms with Crippen molar-refractivity contribution >= 4 is 27.1 Å². The predicted octanol–water partition coefficient (Wildman–Crippen LogP) is -0.0448.